The average Bonchev–Trinajstić information content (AvgIpc) is 2.51. The van der Waals surface area contributed by atoms with Gasteiger partial charge in [-0.1, -0.05) is 12.2 Å². The van der Waals surface area contributed by atoms with Crippen molar-refractivity contribution in [3.05, 3.63) is 12.2 Å². The summed E-state index contributed by atoms with van der Waals surface area (Å²) in [6.07, 6.45) is 6.14. The first-order chi connectivity index (χ1) is 6.16. The summed E-state index contributed by atoms with van der Waals surface area (Å²) in [4.78, 5) is 11.0. The van der Waals surface area contributed by atoms with Crippen LogP contribution in [0.25, 0.3) is 0 Å². The number of rotatable bonds is 4. The molecule has 13 heavy (non-hydrogen) atoms. The van der Waals surface area contributed by atoms with Gasteiger partial charge >= 0.3 is 5.97 Å². The summed E-state index contributed by atoms with van der Waals surface area (Å²) in [6.45, 7) is 2.19. The summed E-state index contributed by atoms with van der Waals surface area (Å²) in [6, 6.07) is 0. The molecule has 1 atom stereocenters. The molecule has 0 amide bonds. The lowest BCUT2D eigenvalue weighted by atomic mass is 9.97. The Morgan fingerprint density at radius 1 is 1.69 bits per heavy atom. The lowest BCUT2D eigenvalue weighted by Gasteiger charge is -2.19. The molecule has 0 spiro atoms. The Labute approximate surface area is 78.4 Å². The summed E-state index contributed by atoms with van der Waals surface area (Å²) in [5.41, 5.74) is -0.757. The number of carbonyl (C=O) groups excluding carboxylic acids is 1. The molecule has 0 bridgehead atoms. The number of hydrogen-bond acceptors (Lipinski definition) is 3. The number of hydrogen-bond donors (Lipinski definition) is 1. The number of esters is 1. The summed E-state index contributed by atoms with van der Waals surface area (Å²) in [5, 5.41) is 9.81. The van der Waals surface area contributed by atoms with Gasteiger partial charge in [0.1, 0.15) is 0 Å². The second-order valence-electron chi connectivity index (χ2n) is 3.35. The number of allylic oxidation sites excluding steroid dienone is 1. The maximum atomic E-state index is 11.0. The van der Waals surface area contributed by atoms with Crippen LogP contribution < -0.4 is 0 Å². The van der Waals surface area contributed by atoms with Gasteiger partial charge in [-0.3, -0.25) is 4.79 Å². The van der Waals surface area contributed by atoms with E-state index in [0.29, 0.717) is 19.4 Å². The zero-order valence-electron chi connectivity index (χ0n) is 7.95. The molecule has 0 aromatic rings. The van der Waals surface area contributed by atoms with Gasteiger partial charge in [-0.2, -0.15) is 0 Å². The molecule has 3 nitrogen and oxygen atoms in total. The Kier molecular flexibility index (Phi) is 3.48. The molecule has 0 aromatic carbocycles. The molecule has 0 saturated carbocycles. The first-order valence-electron chi connectivity index (χ1n) is 4.72. The van der Waals surface area contributed by atoms with E-state index in [4.69, 9.17) is 4.74 Å². The third kappa shape index (κ3) is 3.19. The molecule has 1 N–H and O–H groups in total. The Bertz CT molecular complexity index is 210. The van der Waals surface area contributed by atoms with E-state index in [9.17, 15) is 9.90 Å². The van der Waals surface area contributed by atoms with Crippen molar-refractivity contribution in [2.24, 2.45) is 0 Å². The van der Waals surface area contributed by atoms with E-state index >= 15 is 0 Å². The van der Waals surface area contributed by atoms with Crippen molar-refractivity contribution in [1.29, 1.82) is 0 Å². The zero-order chi connectivity index (χ0) is 9.73. The second-order valence-corrected chi connectivity index (χ2v) is 3.35. The van der Waals surface area contributed by atoms with Crippen molar-refractivity contribution in [2.45, 2.75) is 38.2 Å². The summed E-state index contributed by atoms with van der Waals surface area (Å²) < 4.78 is 4.77. The maximum Gasteiger partial charge on any atom is 0.305 e. The summed E-state index contributed by atoms with van der Waals surface area (Å²) in [5.74, 6) is -0.226. The highest BCUT2D eigenvalue weighted by Gasteiger charge is 2.26. The van der Waals surface area contributed by atoms with Crippen LogP contribution in [0.5, 0.6) is 0 Å². The van der Waals surface area contributed by atoms with Gasteiger partial charge < -0.3 is 9.84 Å². The van der Waals surface area contributed by atoms with Crippen LogP contribution in [-0.4, -0.2) is 23.3 Å². The lowest BCUT2D eigenvalue weighted by Crippen LogP contribution is -2.24. The van der Waals surface area contributed by atoms with Crippen LogP contribution in [0.2, 0.25) is 0 Å². The molecule has 0 aromatic heterocycles. The van der Waals surface area contributed by atoms with Crippen LogP contribution in [0, 0.1) is 0 Å². The highest BCUT2D eigenvalue weighted by atomic mass is 16.5. The van der Waals surface area contributed by atoms with Crippen LogP contribution in [0.15, 0.2) is 12.2 Å². The molecule has 3 heteroatoms. The van der Waals surface area contributed by atoms with Gasteiger partial charge in [0.15, 0.2) is 0 Å². The minimum atomic E-state index is -0.757. The van der Waals surface area contributed by atoms with Gasteiger partial charge in [0.25, 0.3) is 0 Å². The first-order valence-corrected chi connectivity index (χ1v) is 4.72. The lowest BCUT2D eigenvalue weighted by molar-refractivity contribution is -0.144. The average molecular weight is 184 g/mol. The van der Waals surface area contributed by atoms with Gasteiger partial charge in [-0.25, -0.2) is 0 Å². The Morgan fingerprint density at radius 3 is 3.00 bits per heavy atom. The minimum absolute atomic E-state index is 0.226. The van der Waals surface area contributed by atoms with Gasteiger partial charge in [0.2, 0.25) is 0 Å². The van der Waals surface area contributed by atoms with Crippen molar-refractivity contribution < 1.29 is 14.6 Å². The van der Waals surface area contributed by atoms with Crippen molar-refractivity contribution in [3.8, 4) is 0 Å². The van der Waals surface area contributed by atoms with E-state index in [2.05, 4.69) is 0 Å². The fraction of sp³-hybridized carbons (Fsp3) is 0.700. The number of carbonyl (C=O) groups is 1. The third-order valence-corrected chi connectivity index (χ3v) is 2.24. The quantitative estimate of drug-likeness (QED) is 0.531. The van der Waals surface area contributed by atoms with Crippen molar-refractivity contribution >= 4 is 5.97 Å². The molecule has 0 fully saturated rings. The van der Waals surface area contributed by atoms with Gasteiger partial charge in [0.05, 0.1) is 12.2 Å². The first kappa shape index (κ1) is 10.3. The summed E-state index contributed by atoms with van der Waals surface area (Å²) in [7, 11) is 0. The summed E-state index contributed by atoms with van der Waals surface area (Å²) >= 11 is 0. The monoisotopic (exact) mass is 184 g/mol. The predicted octanol–water partition coefficient (Wildman–Crippen LogP) is 1.41. The Balaban J connectivity index is 2.25. The zero-order valence-corrected chi connectivity index (χ0v) is 7.95. The molecule has 0 heterocycles. The van der Waals surface area contributed by atoms with Crippen molar-refractivity contribution in [3.63, 3.8) is 0 Å². The van der Waals surface area contributed by atoms with Gasteiger partial charge in [-0.05, 0) is 26.2 Å². The molecular weight excluding hydrogens is 168 g/mol. The van der Waals surface area contributed by atoms with Crippen molar-refractivity contribution in [2.75, 3.05) is 6.61 Å². The van der Waals surface area contributed by atoms with Gasteiger partial charge in [0, 0.05) is 6.42 Å². The van der Waals surface area contributed by atoms with Gasteiger partial charge in [-0.15, -0.1) is 0 Å². The van der Waals surface area contributed by atoms with E-state index in [1.807, 2.05) is 6.08 Å². The van der Waals surface area contributed by atoms with E-state index in [1.54, 1.807) is 13.0 Å². The molecule has 0 unspecified atom stereocenters. The number of ether oxygens (including phenoxy) is 1. The van der Waals surface area contributed by atoms with Crippen LogP contribution in [0.1, 0.15) is 32.6 Å². The number of aliphatic hydroxyl groups is 1. The largest absolute Gasteiger partial charge is 0.466 e. The minimum Gasteiger partial charge on any atom is -0.466 e. The van der Waals surface area contributed by atoms with E-state index in [1.165, 1.54) is 0 Å². The van der Waals surface area contributed by atoms with Crippen LogP contribution in [0.4, 0.5) is 0 Å². The molecule has 74 valence electrons. The standard InChI is InChI=1S/C10H16O3/c1-2-13-9(11)5-8-10(12)6-3-4-7-10/h3,6,12H,2,4-5,7-8H2,1H3/t10-/m0/s1. The fourth-order valence-electron chi connectivity index (χ4n) is 1.48. The molecule has 1 aliphatic carbocycles. The Hall–Kier alpha value is -0.830. The third-order valence-electron chi connectivity index (χ3n) is 2.24. The van der Waals surface area contributed by atoms with Crippen molar-refractivity contribution in [1.82, 2.24) is 0 Å². The molecule has 0 radical (unpaired) electrons. The molecule has 1 rings (SSSR count). The highest BCUT2D eigenvalue weighted by molar-refractivity contribution is 5.69. The van der Waals surface area contributed by atoms with E-state index in [-0.39, 0.29) is 5.97 Å². The predicted molar refractivity (Wildman–Crippen MR) is 49.2 cm³/mol. The van der Waals surface area contributed by atoms with E-state index < -0.39 is 5.60 Å². The normalized spacial score (nSPS) is 26.3. The Morgan fingerprint density at radius 2 is 2.46 bits per heavy atom. The second kappa shape index (κ2) is 4.42. The smallest absolute Gasteiger partial charge is 0.305 e. The highest BCUT2D eigenvalue weighted by Crippen LogP contribution is 2.27. The van der Waals surface area contributed by atoms with Crippen LogP contribution in [0.3, 0.4) is 0 Å². The topological polar surface area (TPSA) is 46.5 Å². The molecule has 0 saturated heterocycles. The van der Waals surface area contributed by atoms with Crippen LogP contribution >= 0.6 is 0 Å². The molecular formula is C10H16O3. The SMILES string of the molecule is CCOC(=O)CC[C@]1(O)C=CCC1. The fourth-order valence-corrected chi connectivity index (χ4v) is 1.48. The molecule has 1 aliphatic rings. The van der Waals surface area contributed by atoms with E-state index in [0.717, 1.165) is 12.8 Å². The maximum absolute atomic E-state index is 11.0. The molecule has 0 aliphatic heterocycles. The van der Waals surface area contributed by atoms with Crippen LogP contribution in [-0.2, 0) is 9.53 Å².